The molecular weight excluding hydrogens is 454 g/mol. The molecule has 33 heavy (non-hydrogen) atoms. The third-order valence-electron chi connectivity index (χ3n) is 4.99. The minimum absolute atomic E-state index is 0.0583. The standard InChI is InChI=1S/C25H24ClN5OS/c1-18-7-5-6-10-22(18)27-17-23-29-30-25(31(23)21-8-3-2-4-9-21)33-16-15-24(32)28-20-13-11-19(26)12-14-20/h2-14,27H,15-17H2,1H3,(H,28,32). The third kappa shape index (κ3) is 6.15. The van der Waals surface area contributed by atoms with Crippen molar-refractivity contribution in [3.63, 3.8) is 0 Å². The SMILES string of the molecule is Cc1ccccc1NCc1nnc(SCCC(=O)Nc2ccc(Cl)cc2)n1-c1ccccc1. The van der Waals surface area contributed by atoms with E-state index in [9.17, 15) is 4.79 Å². The Bertz CT molecular complexity index is 1210. The maximum Gasteiger partial charge on any atom is 0.225 e. The number of thioether (sulfide) groups is 1. The van der Waals surface area contributed by atoms with Gasteiger partial charge in [0.1, 0.15) is 0 Å². The first-order chi connectivity index (χ1) is 16.1. The van der Waals surface area contributed by atoms with Crippen LogP contribution in [0.4, 0.5) is 11.4 Å². The number of hydrogen-bond acceptors (Lipinski definition) is 5. The van der Waals surface area contributed by atoms with E-state index < -0.39 is 0 Å². The number of carbonyl (C=O) groups is 1. The molecule has 6 nitrogen and oxygen atoms in total. The van der Waals surface area contributed by atoms with Gasteiger partial charge in [-0.05, 0) is 55.0 Å². The highest BCUT2D eigenvalue weighted by Crippen LogP contribution is 2.24. The molecule has 0 spiro atoms. The molecule has 0 fully saturated rings. The highest BCUT2D eigenvalue weighted by molar-refractivity contribution is 7.99. The van der Waals surface area contributed by atoms with Crippen LogP contribution in [-0.4, -0.2) is 26.4 Å². The molecule has 4 aromatic rings. The van der Waals surface area contributed by atoms with E-state index in [1.807, 2.05) is 53.1 Å². The maximum atomic E-state index is 12.3. The number of halogens is 1. The largest absolute Gasteiger partial charge is 0.378 e. The van der Waals surface area contributed by atoms with Gasteiger partial charge in [0.2, 0.25) is 5.91 Å². The number of benzene rings is 3. The van der Waals surface area contributed by atoms with Gasteiger partial charge in [-0.15, -0.1) is 10.2 Å². The molecule has 0 aliphatic rings. The molecule has 3 aromatic carbocycles. The zero-order valence-corrected chi connectivity index (χ0v) is 19.7. The van der Waals surface area contributed by atoms with Gasteiger partial charge in [0.25, 0.3) is 0 Å². The molecule has 0 unspecified atom stereocenters. The van der Waals surface area contributed by atoms with Gasteiger partial charge in [-0.1, -0.05) is 59.8 Å². The van der Waals surface area contributed by atoms with Crippen LogP contribution < -0.4 is 10.6 Å². The summed E-state index contributed by atoms with van der Waals surface area (Å²) in [6.07, 6.45) is 0.353. The summed E-state index contributed by atoms with van der Waals surface area (Å²) in [6.45, 7) is 2.60. The van der Waals surface area contributed by atoms with E-state index in [0.29, 0.717) is 23.7 Å². The van der Waals surface area contributed by atoms with Gasteiger partial charge in [0.05, 0.1) is 6.54 Å². The van der Waals surface area contributed by atoms with E-state index in [-0.39, 0.29) is 5.91 Å². The fourth-order valence-corrected chi connectivity index (χ4v) is 4.32. The predicted octanol–water partition coefficient (Wildman–Crippen LogP) is 5.96. The van der Waals surface area contributed by atoms with Gasteiger partial charge in [0.15, 0.2) is 11.0 Å². The Kier molecular flexibility index (Phi) is 7.65. The van der Waals surface area contributed by atoms with Crippen LogP contribution in [0.1, 0.15) is 17.8 Å². The molecule has 1 aromatic heterocycles. The van der Waals surface area contributed by atoms with E-state index in [2.05, 4.69) is 33.8 Å². The van der Waals surface area contributed by atoms with Crippen LogP contribution in [-0.2, 0) is 11.3 Å². The summed E-state index contributed by atoms with van der Waals surface area (Å²) in [7, 11) is 0. The van der Waals surface area contributed by atoms with Gasteiger partial charge < -0.3 is 10.6 Å². The van der Waals surface area contributed by atoms with Crippen molar-refractivity contribution in [3.8, 4) is 5.69 Å². The predicted molar refractivity (Wildman–Crippen MR) is 135 cm³/mol. The lowest BCUT2D eigenvalue weighted by Gasteiger charge is -2.12. The summed E-state index contributed by atoms with van der Waals surface area (Å²) in [6, 6.07) is 25.2. The van der Waals surface area contributed by atoms with Crippen molar-refractivity contribution in [2.24, 2.45) is 0 Å². The number of aromatic nitrogens is 3. The average Bonchev–Trinajstić information content (AvgIpc) is 3.23. The van der Waals surface area contributed by atoms with Gasteiger partial charge >= 0.3 is 0 Å². The lowest BCUT2D eigenvalue weighted by atomic mass is 10.2. The molecule has 0 saturated carbocycles. The summed E-state index contributed by atoms with van der Waals surface area (Å²) in [5.74, 6) is 1.32. The van der Waals surface area contributed by atoms with Gasteiger partial charge in [-0.25, -0.2) is 0 Å². The first kappa shape index (κ1) is 22.9. The van der Waals surface area contributed by atoms with Crippen LogP contribution in [0.2, 0.25) is 5.02 Å². The molecule has 1 amide bonds. The molecule has 0 atom stereocenters. The minimum atomic E-state index is -0.0583. The fourth-order valence-electron chi connectivity index (χ4n) is 3.28. The summed E-state index contributed by atoms with van der Waals surface area (Å²) in [5, 5.41) is 16.6. The quantitative estimate of drug-likeness (QED) is 0.291. The van der Waals surface area contributed by atoms with Gasteiger partial charge in [0, 0.05) is 34.3 Å². The number of carbonyl (C=O) groups excluding carboxylic acids is 1. The monoisotopic (exact) mass is 477 g/mol. The van der Waals surface area contributed by atoms with Crippen LogP contribution in [0.15, 0.2) is 84.0 Å². The van der Waals surface area contributed by atoms with Gasteiger partial charge in [-0.3, -0.25) is 9.36 Å². The Morgan fingerprint density at radius 2 is 1.70 bits per heavy atom. The van der Waals surface area contributed by atoms with Crippen LogP contribution >= 0.6 is 23.4 Å². The first-order valence-electron chi connectivity index (χ1n) is 10.6. The average molecular weight is 478 g/mol. The summed E-state index contributed by atoms with van der Waals surface area (Å²) in [5.41, 5.74) is 3.95. The first-order valence-corrected chi connectivity index (χ1v) is 11.9. The molecular formula is C25H24ClN5OS. The second-order valence-corrected chi connectivity index (χ2v) is 8.89. The molecule has 8 heteroatoms. The zero-order chi connectivity index (χ0) is 23.0. The summed E-state index contributed by atoms with van der Waals surface area (Å²) in [4.78, 5) is 12.3. The molecule has 168 valence electrons. The van der Waals surface area contributed by atoms with Gasteiger partial charge in [-0.2, -0.15) is 0 Å². The van der Waals surface area contributed by atoms with Crippen LogP contribution in [0.25, 0.3) is 5.69 Å². The van der Waals surface area contributed by atoms with Crippen molar-refractivity contribution in [2.45, 2.75) is 25.0 Å². The second-order valence-electron chi connectivity index (χ2n) is 7.39. The zero-order valence-electron chi connectivity index (χ0n) is 18.2. The van der Waals surface area contributed by atoms with Crippen molar-refractivity contribution < 1.29 is 4.79 Å². The maximum absolute atomic E-state index is 12.3. The number of nitrogens with one attached hydrogen (secondary N) is 2. The molecule has 0 aliphatic carbocycles. The highest BCUT2D eigenvalue weighted by Gasteiger charge is 2.15. The van der Waals surface area contributed by atoms with Crippen LogP contribution in [0.3, 0.4) is 0 Å². The van der Waals surface area contributed by atoms with E-state index >= 15 is 0 Å². The van der Waals surface area contributed by atoms with Crippen molar-refractivity contribution in [1.82, 2.24) is 14.8 Å². The topological polar surface area (TPSA) is 71.8 Å². The molecule has 0 bridgehead atoms. The molecule has 0 radical (unpaired) electrons. The second kappa shape index (κ2) is 11.0. The number of amides is 1. The Labute approximate surface area is 202 Å². The van der Waals surface area contributed by atoms with E-state index in [0.717, 1.165) is 28.0 Å². The van der Waals surface area contributed by atoms with E-state index in [1.165, 1.54) is 17.3 Å². The van der Waals surface area contributed by atoms with Crippen molar-refractivity contribution in [1.29, 1.82) is 0 Å². The fraction of sp³-hybridized carbons (Fsp3) is 0.160. The van der Waals surface area contributed by atoms with Crippen molar-refractivity contribution >= 4 is 40.6 Å². The number of aryl methyl sites for hydroxylation is 1. The van der Waals surface area contributed by atoms with Crippen molar-refractivity contribution in [3.05, 3.63) is 95.3 Å². The Balaban J connectivity index is 1.43. The minimum Gasteiger partial charge on any atom is -0.378 e. The molecule has 0 saturated heterocycles. The Morgan fingerprint density at radius 1 is 0.970 bits per heavy atom. The number of rotatable bonds is 9. The Morgan fingerprint density at radius 3 is 2.45 bits per heavy atom. The Hall–Kier alpha value is -3.29. The van der Waals surface area contributed by atoms with Crippen LogP contribution in [0.5, 0.6) is 0 Å². The molecule has 2 N–H and O–H groups in total. The molecule has 4 rings (SSSR count). The number of nitrogens with zero attached hydrogens (tertiary/aromatic N) is 3. The smallest absolute Gasteiger partial charge is 0.225 e. The number of anilines is 2. The number of para-hydroxylation sites is 2. The number of hydrogen-bond donors (Lipinski definition) is 2. The third-order valence-corrected chi connectivity index (χ3v) is 6.17. The highest BCUT2D eigenvalue weighted by atomic mass is 35.5. The van der Waals surface area contributed by atoms with Crippen molar-refractivity contribution in [2.75, 3.05) is 16.4 Å². The summed E-state index contributed by atoms with van der Waals surface area (Å²) < 4.78 is 2.03. The summed E-state index contributed by atoms with van der Waals surface area (Å²) >= 11 is 7.40. The lowest BCUT2D eigenvalue weighted by molar-refractivity contribution is -0.115. The molecule has 0 aliphatic heterocycles. The lowest BCUT2D eigenvalue weighted by Crippen LogP contribution is -2.12. The van der Waals surface area contributed by atoms with Crippen LogP contribution in [0, 0.1) is 6.92 Å². The van der Waals surface area contributed by atoms with E-state index in [4.69, 9.17) is 11.6 Å². The molecule has 1 heterocycles. The van der Waals surface area contributed by atoms with E-state index in [1.54, 1.807) is 24.3 Å². The normalized spacial score (nSPS) is 10.7.